The highest BCUT2D eigenvalue weighted by Crippen LogP contribution is 2.45. The average molecular weight is 349 g/mol. The van der Waals surface area contributed by atoms with Gasteiger partial charge in [0.05, 0.1) is 32.8 Å². The molecule has 1 saturated heterocycles. The van der Waals surface area contributed by atoms with Gasteiger partial charge >= 0.3 is 5.97 Å². The third kappa shape index (κ3) is 3.10. The number of carboxylic acid groups (broad SMARTS) is 1. The first kappa shape index (κ1) is 17.4. The van der Waals surface area contributed by atoms with E-state index in [1.54, 1.807) is 17.0 Å². The largest absolute Gasteiger partial charge is 0.493 e. The van der Waals surface area contributed by atoms with E-state index < -0.39 is 11.9 Å². The number of carbonyl (C=O) groups is 2. The summed E-state index contributed by atoms with van der Waals surface area (Å²) in [5, 5.41) is 9.48. The summed E-state index contributed by atoms with van der Waals surface area (Å²) in [6.07, 6.45) is 2.10. The van der Waals surface area contributed by atoms with Gasteiger partial charge in [0.15, 0.2) is 11.5 Å². The van der Waals surface area contributed by atoms with Crippen LogP contribution in [0.2, 0.25) is 0 Å². The maximum atomic E-state index is 13.0. The summed E-state index contributed by atoms with van der Waals surface area (Å²) < 4.78 is 15.9. The number of hydrogen-bond acceptors (Lipinski definition) is 5. The van der Waals surface area contributed by atoms with Crippen LogP contribution in [0, 0.1) is 17.8 Å². The minimum Gasteiger partial charge on any atom is -0.493 e. The zero-order chi connectivity index (χ0) is 18.1. The van der Waals surface area contributed by atoms with Crippen molar-refractivity contribution >= 4 is 11.9 Å². The van der Waals surface area contributed by atoms with Crippen LogP contribution in [-0.4, -0.2) is 56.3 Å². The van der Waals surface area contributed by atoms with Gasteiger partial charge in [0, 0.05) is 13.1 Å². The van der Waals surface area contributed by atoms with Crippen molar-refractivity contribution in [2.75, 3.05) is 34.4 Å². The molecule has 2 atom stereocenters. The summed E-state index contributed by atoms with van der Waals surface area (Å²) in [6, 6.07) is 3.28. The number of amides is 1. The lowest BCUT2D eigenvalue weighted by molar-refractivity contribution is -0.142. The van der Waals surface area contributed by atoms with Crippen LogP contribution in [0.15, 0.2) is 12.1 Å². The topological polar surface area (TPSA) is 85.3 Å². The van der Waals surface area contributed by atoms with Crippen molar-refractivity contribution in [3.63, 3.8) is 0 Å². The number of likely N-dealkylation sites (tertiary alicyclic amines) is 1. The summed E-state index contributed by atoms with van der Waals surface area (Å²) in [5.74, 6) is 0.00817. The first-order valence-corrected chi connectivity index (χ1v) is 8.32. The fraction of sp³-hybridized carbons (Fsp3) is 0.556. The van der Waals surface area contributed by atoms with E-state index in [1.807, 2.05) is 0 Å². The first-order valence-electron chi connectivity index (χ1n) is 8.32. The van der Waals surface area contributed by atoms with Crippen LogP contribution in [-0.2, 0) is 4.79 Å². The predicted molar refractivity (Wildman–Crippen MR) is 89.3 cm³/mol. The molecule has 1 aromatic carbocycles. The maximum absolute atomic E-state index is 13.0. The number of methoxy groups -OCH3 is 3. The number of carbonyl (C=O) groups excluding carboxylic acids is 1. The monoisotopic (exact) mass is 349 g/mol. The summed E-state index contributed by atoms with van der Waals surface area (Å²) in [5.41, 5.74) is 0.348. The molecule has 0 aromatic heterocycles. The van der Waals surface area contributed by atoms with Crippen LogP contribution in [0.1, 0.15) is 23.2 Å². The Morgan fingerprint density at radius 2 is 1.72 bits per heavy atom. The molecule has 0 spiro atoms. The number of ether oxygens (including phenoxy) is 3. The molecule has 1 amide bonds. The Morgan fingerprint density at radius 1 is 1.04 bits per heavy atom. The second-order valence-corrected chi connectivity index (χ2v) is 6.54. The SMILES string of the molecule is COc1ccc(C(=O)N2C[C@H](C(=O)O)[C@@H](C3CC3)C2)c(OC)c1OC. The molecule has 1 aliphatic carbocycles. The Hall–Kier alpha value is -2.44. The van der Waals surface area contributed by atoms with Gasteiger partial charge in [-0.3, -0.25) is 9.59 Å². The van der Waals surface area contributed by atoms with Crippen molar-refractivity contribution in [3.8, 4) is 17.2 Å². The molecular weight excluding hydrogens is 326 g/mol. The smallest absolute Gasteiger partial charge is 0.308 e. The molecular formula is C18H23NO6. The number of hydrogen-bond donors (Lipinski definition) is 1. The Bertz CT molecular complexity index is 684. The lowest BCUT2D eigenvalue weighted by Crippen LogP contribution is -2.30. The molecule has 7 heteroatoms. The third-order valence-electron chi connectivity index (χ3n) is 5.13. The molecule has 1 aliphatic heterocycles. The highest BCUT2D eigenvalue weighted by atomic mass is 16.5. The second kappa shape index (κ2) is 6.82. The normalized spacial score (nSPS) is 22.6. The summed E-state index contributed by atoms with van der Waals surface area (Å²) in [4.78, 5) is 26.2. The highest BCUT2D eigenvalue weighted by Gasteiger charge is 2.47. The Morgan fingerprint density at radius 3 is 2.24 bits per heavy atom. The number of benzene rings is 1. The molecule has 7 nitrogen and oxygen atoms in total. The van der Waals surface area contributed by atoms with E-state index in [2.05, 4.69) is 0 Å². The molecule has 3 rings (SSSR count). The van der Waals surface area contributed by atoms with Crippen LogP contribution < -0.4 is 14.2 Å². The maximum Gasteiger partial charge on any atom is 0.308 e. The van der Waals surface area contributed by atoms with Crippen molar-refractivity contribution in [3.05, 3.63) is 17.7 Å². The lowest BCUT2D eigenvalue weighted by atomic mass is 9.92. The molecule has 1 N–H and O–H groups in total. The minimum atomic E-state index is -0.827. The van der Waals surface area contributed by atoms with Gasteiger partial charge in [-0.05, 0) is 36.8 Å². The molecule has 2 aliphatic rings. The number of carboxylic acids is 1. The van der Waals surface area contributed by atoms with Gasteiger partial charge in [0.2, 0.25) is 5.75 Å². The zero-order valence-corrected chi connectivity index (χ0v) is 14.7. The van der Waals surface area contributed by atoms with Crippen LogP contribution in [0.5, 0.6) is 17.2 Å². The quantitative estimate of drug-likeness (QED) is 0.844. The second-order valence-electron chi connectivity index (χ2n) is 6.54. The highest BCUT2D eigenvalue weighted by molar-refractivity contribution is 5.98. The van der Waals surface area contributed by atoms with E-state index >= 15 is 0 Å². The lowest BCUT2D eigenvalue weighted by Gasteiger charge is -2.20. The molecule has 0 unspecified atom stereocenters. The summed E-state index contributed by atoms with van der Waals surface area (Å²) in [6.45, 7) is 0.699. The van der Waals surface area contributed by atoms with Crippen molar-refractivity contribution in [2.45, 2.75) is 12.8 Å². The van der Waals surface area contributed by atoms with E-state index in [0.717, 1.165) is 12.8 Å². The molecule has 25 heavy (non-hydrogen) atoms. The van der Waals surface area contributed by atoms with E-state index in [9.17, 15) is 14.7 Å². The molecule has 2 fully saturated rings. The van der Waals surface area contributed by atoms with Crippen LogP contribution in [0.3, 0.4) is 0 Å². The third-order valence-corrected chi connectivity index (χ3v) is 5.13. The van der Waals surface area contributed by atoms with Crippen LogP contribution in [0.25, 0.3) is 0 Å². The molecule has 136 valence electrons. The van der Waals surface area contributed by atoms with Crippen molar-refractivity contribution in [1.82, 2.24) is 4.90 Å². The predicted octanol–water partition coefficient (Wildman–Crippen LogP) is 1.90. The van der Waals surface area contributed by atoms with Gasteiger partial charge in [-0.2, -0.15) is 0 Å². The fourth-order valence-electron chi connectivity index (χ4n) is 3.70. The first-order chi connectivity index (χ1) is 12.0. The number of rotatable bonds is 6. The zero-order valence-electron chi connectivity index (χ0n) is 14.7. The van der Waals surface area contributed by atoms with Crippen molar-refractivity contribution in [2.24, 2.45) is 17.8 Å². The molecule has 0 bridgehead atoms. The van der Waals surface area contributed by atoms with Gasteiger partial charge in [-0.1, -0.05) is 0 Å². The standard InChI is InChI=1S/C18H23NO6/c1-23-14-7-6-11(15(24-2)16(14)25-3)17(20)19-8-12(10-4-5-10)13(9-19)18(21)22/h6-7,10,12-13H,4-5,8-9H2,1-3H3,(H,21,22)/t12-,13+/m1/s1. The molecule has 0 radical (unpaired) electrons. The van der Waals surface area contributed by atoms with E-state index in [4.69, 9.17) is 14.2 Å². The van der Waals surface area contributed by atoms with Crippen LogP contribution >= 0.6 is 0 Å². The fourth-order valence-corrected chi connectivity index (χ4v) is 3.70. The number of aliphatic carboxylic acids is 1. The van der Waals surface area contributed by atoms with E-state index in [1.165, 1.54) is 21.3 Å². The Kier molecular flexibility index (Phi) is 4.74. The van der Waals surface area contributed by atoms with E-state index in [-0.39, 0.29) is 18.4 Å². The van der Waals surface area contributed by atoms with Crippen molar-refractivity contribution < 1.29 is 28.9 Å². The van der Waals surface area contributed by atoms with Gasteiger partial charge in [0.1, 0.15) is 0 Å². The molecule has 1 heterocycles. The average Bonchev–Trinajstić information content (AvgIpc) is 3.37. The molecule has 1 saturated carbocycles. The van der Waals surface area contributed by atoms with Gasteiger partial charge < -0.3 is 24.2 Å². The summed E-state index contributed by atoms with van der Waals surface area (Å²) >= 11 is 0. The number of nitrogens with zero attached hydrogens (tertiary/aromatic N) is 1. The minimum absolute atomic E-state index is 0.0348. The van der Waals surface area contributed by atoms with E-state index in [0.29, 0.717) is 35.3 Å². The van der Waals surface area contributed by atoms with Gasteiger partial charge in [-0.15, -0.1) is 0 Å². The Labute approximate surface area is 146 Å². The summed E-state index contributed by atoms with van der Waals surface area (Å²) in [7, 11) is 4.45. The Balaban J connectivity index is 1.89. The van der Waals surface area contributed by atoms with Crippen LogP contribution in [0.4, 0.5) is 0 Å². The van der Waals surface area contributed by atoms with Gasteiger partial charge in [-0.25, -0.2) is 0 Å². The molecule has 1 aromatic rings. The van der Waals surface area contributed by atoms with Gasteiger partial charge in [0.25, 0.3) is 5.91 Å². The van der Waals surface area contributed by atoms with Crippen molar-refractivity contribution in [1.29, 1.82) is 0 Å².